The largest absolute Gasteiger partial charge is 0.490 e. The number of carbonyl (C=O) groups is 1. The van der Waals surface area contributed by atoms with E-state index in [2.05, 4.69) is 5.32 Å². The Hall–Kier alpha value is -3.20. The number of nitrogens with one attached hydrogen (secondary N) is 1. The van der Waals surface area contributed by atoms with E-state index in [-0.39, 0.29) is 12.2 Å². The maximum atomic E-state index is 10.6. The third kappa shape index (κ3) is 4.65. The Bertz CT molecular complexity index is 754. The minimum Gasteiger partial charge on any atom is -0.490 e. The highest BCUT2D eigenvalue weighted by atomic mass is 16.5. The molecule has 0 heterocycles. The van der Waals surface area contributed by atoms with Gasteiger partial charge in [-0.2, -0.15) is 5.26 Å². The van der Waals surface area contributed by atoms with Crippen LogP contribution in [0.2, 0.25) is 0 Å². The van der Waals surface area contributed by atoms with Crippen LogP contribution in [0.5, 0.6) is 5.75 Å². The van der Waals surface area contributed by atoms with Gasteiger partial charge >= 0.3 is 6.09 Å². The summed E-state index contributed by atoms with van der Waals surface area (Å²) in [7, 11) is 0. The zero-order valence-corrected chi connectivity index (χ0v) is 13.3. The molecule has 0 fully saturated rings. The monoisotopic (exact) mass is 325 g/mol. The van der Waals surface area contributed by atoms with Crippen molar-refractivity contribution in [1.29, 1.82) is 5.26 Å². The summed E-state index contributed by atoms with van der Waals surface area (Å²) in [4.78, 5) is 10.6. The molecule has 0 saturated heterocycles. The van der Waals surface area contributed by atoms with Crippen LogP contribution in [-0.4, -0.2) is 23.8 Å². The van der Waals surface area contributed by atoms with Gasteiger partial charge in [0.15, 0.2) is 0 Å². The Labute approximate surface area is 140 Å². The molecule has 0 radical (unpaired) electrons. The fraction of sp³-hybridized carbons (Fsp3) is 0.222. The van der Waals surface area contributed by atoms with E-state index in [0.717, 1.165) is 11.1 Å². The van der Waals surface area contributed by atoms with Crippen LogP contribution in [0.25, 0.3) is 0 Å². The summed E-state index contributed by atoms with van der Waals surface area (Å²) < 4.78 is 5.62. The SMILES string of the molecule is CC(COc1cc(Cc2ccccc2)cc(N)c1C#N)NC(=O)O. The first kappa shape index (κ1) is 17.2. The number of hydrogen-bond acceptors (Lipinski definition) is 4. The molecule has 6 heteroatoms. The van der Waals surface area contributed by atoms with E-state index < -0.39 is 12.1 Å². The number of nitriles is 1. The molecule has 0 saturated carbocycles. The van der Waals surface area contributed by atoms with Crippen molar-refractivity contribution in [1.82, 2.24) is 5.32 Å². The summed E-state index contributed by atoms with van der Waals surface area (Å²) in [5, 5.41) is 20.3. The molecule has 0 aliphatic rings. The third-order valence-corrected chi connectivity index (χ3v) is 3.41. The highest BCUT2D eigenvalue weighted by Gasteiger charge is 2.13. The minimum atomic E-state index is -1.12. The van der Waals surface area contributed by atoms with Crippen LogP contribution in [0.1, 0.15) is 23.6 Å². The molecule has 0 aliphatic carbocycles. The summed E-state index contributed by atoms with van der Waals surface area (Å²) in [5.41, 5.74) is 8.61. The van der Waals surface area contributed by atoms with Crippen molar-refractivity contribution >= 4 is 11.8 Å². The van der Waals surface area contributed by atoms with Crippen molar-refractivity contribution in [2.75, 3.05) is 12.3 Å². The topological polar surface area (TPSA) is 108 Å². The molecule has 0 bridgehead atoms. The maximum absolute atomic E-state index is 10.6. The van der Waals surface area contributed by atoms with Crippen molar-refractivity contribution in [3.63, 3.8) is 0 Å². The van der Waals surface area contributed by atoms with Crippen LogP contribution < -0.4 is 15.8 Å². The lowest BCUT2D eigenvalue weighted by Gasteiger charge is -2.16. The summed E-state index contributed by atoms with van der Waals surface area (Å²) in [6.07, 6.45) is -0.459. The number of carboxylic acid groups (broad SMARTS) is 1. The summed E-state index contributed by atoms with van der Waals surface area (Å²) in [6, 6.07) is 15.0. The second-order valence-electron chi connectivity index (χ2n) is 5.49. The van der Waals surface area contributed by atoms with Crippen LogP contribution >= 0.6 is 0 Å². The fourth-order valence-corrected chi connectivity index (χ4v) is 2.33. The van der Waals surface area contributed by atoms with Gasteiger partial charge < -0.3 is 20.9 Å². The Morgan fingerprint density at radius 3 is 2.67 bits per heavy atom. The number of amides is 1. The highest BCUT2D eigenvalue weighted by Crippen LogP contribution is 2.27. The lowest BCUT2D eigenvalue weighted by molar-refractivity contribution is 0.183. The molecule has 1 unspecified atom stereocenters. The van der Waals surface area contributed by atoms with E-state index in [1.165, 1.54) is 0 Å². The Balaban J connectivity index is 2.19. The first-order valence-corrected chi connectivity index (χ1v) is 7.48. The normalized spacial score (nSPS) is 11.3. The van der Waals surface area contributed by atoms with E-state index in [0.29, 0.717) is 17.9 Å². The van der Waals surface area contributed by atoms with Gasteiger partial charge in [0.05, 0.1) is 11.7 Å². The number of nitrogens with two attached hydrogens (primary N) is 1. The van der Waals surface area contributed by atoms with Gasteiger partial charge in [0.2, 0.25) is 0 Å². The van der Waals surface area contributed by atoms with Crippen molar-refractivity contribution < 1.29 is 14.6 Å². The Morgan fingerprint density at radius 2 is 2.04 bits per heavy atom. The van der Waals surface area contributed by atoms with Crippen LogP contribution in [-0.2, 0) is 6.42 Å². The number of ether oxygens (including phenoxy) is 1. The molecule has 124 valence electrons. The zero-order valence-electron chi connectivity index (χ0n) is 13.3. The number of hydrogen-bond donors (Lipinski definition) is 3. The number of benzene rings is 2. The van der Waals surface area contributed by atoms with Gasteiger partial charge in [0, 0.05) is 0 Å². The van der Waals surface area contributed by atoms with Gasteiger partial charge in [-0.05, 0) is 36.6 Å². The summed E-state index contributed by atoms with van der Waals surface area (Å²) in [6.45, 7) is 1.78. The first-order valence-electron chi connectivity index (χ1n) is 7.48. The molecule has 4 N–H and O–H groups in total. The molecule has 2 aromatic rings. The lowest BCUT2D eigenvalue weighted by atomic mass is 10.0. The van der Waals surface area contributed by atoms with E-state index in [4.69, 9.17) is 15.6 Å². The number of rotatable bonds is 6. The van der Waals surface area contributed by atoms with Crippen LogP contribution in [0, 0.1) is 11.3 Å². The smallest absolute Gasteiger partial charge is 0.404 e. The predicted octanol–water partition coefficient (Wildman–Crippen LogP) is 2.77. The molecule has 2 aromatic carbocycles. The first-order chi connectivity index (χ1) is 11.5. The quantitative estimate of drug-likeness (QED) is 0.708. The maximum Gasteiger partial charge on any atom is 0.404 e. The minimum absolute atomic E-state index is 0.106. The molecular weight excluding hydrogens is 306 g/mol. The lowest BCUT2D eigenvalue weighted by Crippen LogP contribution is -2.35. The number of nitrogens with zero attached hydrogens (tertiary/aromatic N) is 1. The van der Waals surface area contributed by atoms with Crippen molar-refractivity contribution in [3.8, 4) is 11.8 Å². The molecule has 0 aliphatic heterocycles. The van der Waals surface area contributed by atoms with Gasteiger partial charge in [-0.25, -0.2) is 4.79 Å². The third-order valence-electron chi connectivity index (χ3n) is 3.41. The molecule has 1 amide bonds. The van der Waals surface area contributed by atoms with E-state index in [1.807, 2.05) is 36.4 Å². The van der Waals surface area contributed by atoms with E-state index in [1.54, 1.807) is 19.1 Å². The van der Waals surface area contributed by atoms with Gasteiger partial charge in [-0.3, -0.25) is 0 Å². The van der Waals surface area contributed by atoms with Gasteiger partial charge in [-0.15, -0.1) is 0 Å². The number of nitrogen functional groups attached to an aromatic ring is 1. The Morgan fingerprint density at radius 1 is 1.33 bits per heavy atom. The van der Waals surface area contributed by atoms with Gasteiger partial charge in [0.25, 0.3) is 0 Å². The summed E-state index contributed by atoms with van der Waals surface area (Å²) in [5.74, 6) is 0.363. The molecule has 2 rings (SSSR count). The molecule has 24 heavy (non-hydrogen) atoms. The van der Waals surface area contributed by atoms with Crippen LogP contribution in [0.4, 0.5) is 10.5 Å². The van der Waals surface area contributed by atoms with Gasteiger partial charge in [0.1, 0.15) is 24.0 Å². The molecular formula is C18H19N3O3. The zero-order chi connectivity index (χ0) is 17.5. The van der Waals surface area contributed by atoms with E-state index >= 15 is 0 Å². The molecule has 6 nitrogen and oxygen atoms in total. The summed E-state index contributed by atoms with van der Waals surface area (Å²) >= 11 is 0. The van der Waals surface area contributed by atoms with Crippen molar-refractivity contribution in [3.05, 3.63) is 59.2 Å². The van der Waals surface area contributed by atoms with Gasteiger partial charge in [-0.1, -0.05) is 30.3 Å². The standard InChI is InChI=1S/C18H19N3O3/c1-12(21-18(22)23)11-24-17-9-14(8-16(20)15(17)10-19)7-13-5-3-2-4-6-13/h2-6,8-9,12,21H,7,11,20H2,1H3,(H,22,23). The van der Waals surface area contributed by atoms with Crippen molar-refractivity contribution in [2.45, 2.75) is 19.4 Å². The number of anilines is 1. The fourth-order valence-electron chi connectivity index (χ4n) is 2.33. The van der Waals surface area contributed by atoms with Crippen LogP contribution in [0.15, 0.2) is 42.5 Å². The second kappa shape index (κ2) is 7.88. The molecule has 1 atom stereocenters. The van der Waals surface area contributed by atoms with E-state index in [9.17, 15) is 10.1 Å². The highest BCUT2D eigenvalue weighted by molar-refractivity contribution is 5.65. The van der Waals surface area contributed by atoms with Crippen LogP contribution in [0.3, 0.4) is 0 Å². The van der Waals surface area contributed by atoms with Crippen molar-refractivity contribution in [2.24, 2.45) is 0 Å². The Kier molecular flexibility index (Phi) is 5.63. The second-order valence-corrected chi connectivity index (χ2v) is 5.49. The predicted molar refractivity (Wildman–Crippen MR) is 90.9 cm³/mol. The average molecular weight is 325 g/mol. The molecule has 0 spiro atoms. The molecule has 0 aromatic heterocycles. The average Bonchev–Trinajstić information content (AvgIpc) is 2.53.